The number of nitrogens with zero attached hydrogens (tertiary/aromatic N) is 1. The Morgan fingerprint density at radius 3 is 2.50 bits per heavy atom. The van der Waals surface area contributed by atoms with Crippen molar-refractivity contribution in [3.63, 3.8) is 0 Å². The maximum Gasteiger partial charge on any atom is 0.222 e. The Bertz CT molecular complexity index is 172. The summed E-state index contributed by atoms with van der Waals surface area (Å²) in [6.45, 7) is 3.77. The van der Waals surface area contributed by atoms with Gasteiger partial charge in [-0.2, -0.15) is 0 Å². The van der Waals surface area contributed by atoms with Gasteiger partial charge in [0, 0.05) is 19.5 Å². The summed E-state index contributed by atoms with van der Waals surface area (Å²) >= 11 is 0. The maximum absolute atomic E-state index is 11.5. The van der Waals surface area contributed by atoms with Crippen LogP contribution >= 0.6 is 0 Å². The highest BCUT2D eigenvalue weighted by Gasteiger charge is 2.14. The lowest BCUT2D eigenvalue weighted by atomic mass is 10.1. The third-order valence-electron chi connectivity index (χ3n) is 2.37. The topological polar surface area (TPSA) is 66.6 Å². The number of hydrogen-bond acceptors (Lipinski definition) is 3. The largest absolute Gasteiger partial charge is 0.394 e. The zero-order valence-electron chi connectivity index (χ0n) is 9.36. The number of aliphatic hydroxyl groups excluding tert-OH is 1. The molecule has 0 heterocycles. The van der Waals surface area contributed by atoms with Crippen LogP contribution in [0.2, 0.25) is 0 Å². The van der Waals surface area contributed by atoms with Crippen molar-refractivity contribution in [3.8, 4) is 0 Å². The molecule has 0 saturated heterocycles. The predicted octanol–water partition coefficient (Wildman–Crippen LogP) is 0.343. The van der Waals surface area contributed by atoms with Gasteiger partial charge in [0.25, 0.3) is 0 Å². The number of hydrogen-bond donors (Lipinski definition) is 2. The second-order valence-corrected chi connectivity index (χ2v) is 3.91. The van der Waals surface area contributed by atoms with Crippen LogP contribution in [0, 0.1) is 0 Å². The molecule has 0 aromatic heterocycles. The molecule has 1 amide bonds. The van der Waals surface area contributed by atoms with Crippen LogP contribution < -0.4 is 5.73 Å². The van der Waals surface area contributed by atoms with E-state index in [-0.39, 0.29) is 24.6 Å². The van der Waals surface area contributed by atoms with Gasteiger partial charge in [0.1, 0.15) is 0 Å². The third kappa shape index (κ3) is 5.19. The first kappa shape index (κ1) is 13.4. The summed E-state index contributed by atoms with van der Waals surface area (Å²) in [5, 5.41) is 8.85. The van der Waals surface area contributed by atoms with E-state index in [9.17, 15) is 4.79 Å². The molecule has 0 aliphatic heterocycles. The maximum atomic E-state index is 11.5. The smallest absolute Gasteiger partial charge is 0.222 e. The lowest BCUT2D eigenvalue weighted by Gasteiger charge is -2.23. The summed E-state index contributed by atoms with van der Waals surface area (Å²) in [5.41, 5.74) is 5.58. The fourth-order valence-corrected chi connectivity index (χ4v) is 1.12. The first-order valence-corrected chi connectivity index (χ1v) is 5.11. The Kier molecular flexibility index (Phi) is 6.49. The average Bonchev–Trinajstić information content (AvgIpc) is 2.14. The Labute approximate surface area is 86.1 Å². The lowest BCUT2D eigenvalue weighted by Crippen LogP contribution is -2.37. The lowest BCUT2D eigenvalue weighted by molar-refractivity contribution is -0.132. The van der Waals surface area contributed by atoms with Gasteiger partial charge in [-0.05, 0) is 26.7 Å². The Morgan fingerprint density at radius 2 is 2.07 bits per heavy atom. The van der Waals surface area contributed by atoms with Gasteiger partial charge in [-0.15, -0.1) is 0 Å². The van der Waals surface area contributed by atoms with E-state index in [0.29, 0.717) is 6.42 Å². The molecule has 0 saturated carbocycles. The van der Waals surface area contributed by atoms with E-state index >= 15 is 0 Å². The van der Waals surface area contributed by atoms with E-state index in [1.165, 1.54) is 0 Å². The normalized spacial score (nSPS) is 14.9. The fourth-order valence-electron chi connectivity index (χ4n) is 1.12. The minimum atomic E-state index is -0.0993. The third-order valence-corrected chi connectivity index (χ3v) is 2.37. The molecule has 14 heavy (non-hydrogen) atoms. The summed E-state index contributed by atoms with van der Waals surface area (Å²) in [4.78, 5) is 13.1. The van der Waals surface area contributed by atoms with Crippen molar-refractivity contribution in [2.45, 2.75) is 45.2 Å². The van der Waals surface area contributed by atoms with E-state index in [4.69, 9.17) is 10.8 Å². The fraction of sp³-hybridized carbons (Fsp3) is 0.900. The standard InChI is InChI=1S/C10H22N2O2/c1-8(11)5-4-6-10(14)12(3)9(2)7-13/h8-9,13H,4-7,11H2,1-3H3. The SMILES string of the molecule is CC(N)CCCC(=O)N(C)C(C)CO. The molecule has 0 aliphatic carbocycles. The van der Waals surface area contributed by atoms with E-state index in [1.54, 1.807) is 11.9 Å². The average molecular weight is 202 g/mol. The second kappa shape index (κ2) is 6.79. The summed E-state index contributed by atoms with van der Waals surface area (Å²) in [7, 11) is 1.72. The predicted molar refractivity (Wildman–Crippen MR) is 56.8 cm³/mol. The first-order valence-electron chi connectivity index (χ1n) is 5.11. The van der Waals surface area contributed by atoms with Crippen molar-refractivity contribution in [1.29, 1.82) is 0 Å². The molecule has 2 unspecified atom stereocenters. The molecular weight excluding hydrogens is 180 g/mol. The molecular formula is C10H22N2O2. The molecule has 3 N–H and O–H groups in total. The molecule has 4 nitrogen and oxygen atoms in total. The van der Waals surface area contributed by atoms with Gasteiger partial charge >= 0.3 is 0 Å². The van der Waals surface area contributed by atoms with Crippen molar-refractivity contribution < 1.29 is 9.90 Å². The van der Waals surface area contributed by atoms with Crippen LogP contribution in [-0.4, -0.2) is 41.7 Å². The van der Waals surface area contributed by atoms with Crippen LogP contribution in [0.1, 0.15) is 33.1 Å². The van der Waals surface area contributed by atoms with Crippen LogP contribution in [0.4, 0.5) is 0 Å². The number of aliphatic hydroxyl groups is 1. The van der Waals surface area contributed by atoms with Crippen LogP contribution in [0.15, 0.2) is 0 Å². The number of rotatable bonds is 6. The molecule has 84 valence electrons. The van der Waals surface area contributed by atoms with Gasteiger partial charge < -0.3 is 15.7 Å². The van der Waals surface area contributed by atoms with Crippen molar-refractivity contribution >= 4 is 5.91 Å². The van der Waals surface area contributed by atoms with Crippen LogP contribution in [0.25, 0.3) is 0 Å². The summed E-state index contributed by atoms with van der Waals surface area (Å²) in [6, 6.07) is 0.0566. The molecule has 0 bridgehead atoms. The van der Waals surface area contributed by atoms with Crippen molar-refractivity contribution in [3.05, 3.63) is 0 Å². The highest BCUT2D eigenvalue weighted by molar-refractivity contribution is 5.76. The number of likely N-dealkylation sites (N-methyl/N-ethyl adjacent to an activating group) is 1. The first-order chi connectivity index (χ1) is 6.49. The number of amides is 1. The Balaban J connectivity index is 3.73. The van der Waals surface area contributed by atoms with E-state index < -0.39 is 0 Å². The molecule has 2 atom stereocenters. The van der Waals surface area contributed by atoms with Gasteiger partial charge in [0.15, 0.2) is 0 Å². The van der Waals surface area contributed by atoms with Gasteiger partial charge in [0.2, 0.25) is 5.91 Å². The second-order valence-electron chi connectivity index (χ2n) is 3.91. The monoisotopic (exact) mass is 202 g/mol. The van der Waals surface area contributed by atoms with Gasteiger partial charge in [-0.1, -0.05) is 0 Å². The summed E-state index contributed by atoms with van der Waals surface area (Å²) in [5.74, 6) is 0.0761. The van der Waals surface area contributed by atoms with E-state index in [1.807, 2.05) is 13.8 Å². The summed E-state index contributed by atoms with van der Waals surface area (Å²) in [6.07, 6.45) is 2.20. The zero-order chi connectivity index (χ0) is 11.1. The highest BCUT2D eigenvalue weighted by Crippen LogP contribution is 2.04. The highest BCUT2D eigenvalue weighted by atomic mass is 16.3. The minimum absolute atomic E-state index is 0.00946. The van der Waals surface area contributed by atoms with Crippen molar-refractivity contribution in [2.75, 3.05) is 13.7 Å². The number of carbonyl (C=O) groups is 1. The van der Waals surface area contributed by atoms with Crippen LogP contribution in [-0.2, 0) is 4.79 Å². The minimum Gasteiger partial charge on any atom is -0.394 e. The van der Waals surface area contributed by atoms with E-state index in [2.05, 4.69) is 0 Å². The molecule has 0 aromatic rings. The van der Waals surface area contributed by atoms with Crippen molar-refractivity contribution in [2.24, 2.45) is 5.73 Å². The summed E-state index contributed by atoms with van der Waals surface area (Å²) < 4.78 is 0. The Hall–Kier alpha value is -0.610. The van der Waals surface area contributed by atoms with Gasteiger partial charge in [-0.3, -0.25) is 4.79 Å². The quantitative estimate of drug-likeness (QED) is 0.653. The Morgan fingerprint density at radius 1 is 1.50 bits per heavy atom. The molecule has 0 aromatic carbocycles. The molecule has 0 rings (SSSR count). The van der Waals surface area contributed by atoms with Crippen LogP contribution in [0.3, 0.4) is 0 Å². The molecule has 4 heteroatoms. The molecule has 0 fully saturated rings. The van der Waals surface area contributed by atoms with Gasteiger partial charge in [-0.25, -0.2) is 0 Å². The molecule has 0 radical (unpaired) electrons. The van der Waals surface area contributed by atoms with Gasteiger partial charge in [0.05, 0.1) is 12.6 Å². The number of nitrogens with two attached hydrogens (primary N) is 1. The molecule has 0 aliphatic rings. The van der Waals surface area contributed by atoms with Crippen molar-refractivity contribution in [1.82, 2.24) is 4.90 Å². The zero-order valence-corrected chi connectivity index (χ0v) is 9.36. The molecule has 0 spiro atoms. The number of carbonyl (C=O) groups excluding carboxylic acids is 1. The van der Waals surface area contributed by atoms with Crippen LogP contribution in [0.5, 0.6) is 0 Å². The van der Waals surface area contributed by atoms with E-state index in [0.717, 1.165) is 12.8 Å².